The Hall–Kier alpha value is -3.14. The molecule has 1 N–H and O–H groups in total. The fourth-order valence-electron chi connectivity index (χ4n) is 1.10. The zero-order valence-electron chi connectivity index (χ0n) is 9.41. The van der Waals surface area contributed by atoms with Crippen molar-refractivity contribution in [1.82, 2.24) is 9.97 Å². The van der Waals surface area contributed by atoms with E-state index in [4.69, 9.17) is 0 Å². The third kappa shape index (κ3) is 3.79. The topological polar surface area (TPSA) is 41.0 Å². The fraction of sp³-hybridized carbons (Fsp3) is 0.0667. The monoisotopic (exact) mass is 229 g/mol. The van der Waals surface area contributed by atoms with E-state index in [0.29, 0.717) is 5.82 Å². The quantitative estimate of drug-likeness (QED) is 0.666. The number of H-pyrrole nitrogens is 1. The van der Waals surface area contributed by atoms with Crippen molar-refractivity contribution < 1.29 is 0 Å². The Morgan fingerprint density at radius 3 is 2.44 bits per heavy atom. The van der Waals surface area contributed by atoms with E-state index in [1.165, 1.54) is 0 Å². The van der Waals surface area contributed by atoms with Gasteiger partial charge in [0, 0.05) is 25.0 Å². The summed E-state index contributed by atoms with van der Waals surface area (Å²) in [6, 6.07) is 0. The molecule has 0 unspecified atom stereocenters. The number of hydrogen-bond acceptors (Lipinski definition) is 2. The van der Waals surface area contributed by atoms with E-state index < -0.39 is 0 Å². The SMILES string of the molecule is C(C#CC#Cc1ncc[nH]1)#CC#CC1=NC=CC1. The van der Waals surface area contributed by atoms with Crippen molar-refractivity contribution in [3.8, 4) is 47.4 Å². The molecule has 0 fully saturated rings. The van der Waals surface area contributed by atoms with Crippen LogP contribution in [0.1, 0.15) is 12.2 Å². The number of hydrogen-bond donors (Lipinski definition) is 1. The van der Waals surface area contributed by atoms with Gasteiger partial charge >= 0.3 is 0 Å². The van der Waals surface area contributed by atoms with Crippen LogP contribution in [0.4, 0.5) is 0 Å². The number of aromatic amines is 1. The summed E-state index contributed by atoms with van der Waals surface area (Å²) in [5.41, 5.74) is 0.829. The molecular formula is C15H7N3. The third-order valence-electron chi connectivity index (χ3n) is 1.85. The number of nitrogens with one attached hydrogen (secondary N) is 1. The van der Waals surface area contributed by atoms with Crippen LogP contribution in [0.15, 0.2) is 29.7 Å². The molecule has 0 saturated carbocycles. The highest BCUT2D eigenvalue weighted by Gasteiger charge is 1.93. The van der Waals surface area contributed by atoms with Crippen LogP contribution in [0.2, 0.25) is 0 Å². The van der Waals surface area contributed by atoms with E-state index in [-0.39, 0.29) is 0 Å². The third-order valence-corrected chi connectivity index (χ3v) is 1.85. The first-order valence-electron chi connectivity index (χ1n) is 5.18. The highest BCUT2D eigenvalue weighted by Crippen LogP contribution is 1.97. The van der Waals surface area contributed by atoms with Crippen molar-refractivity contribution >= 4 is 5.71 Å². The van der Waals surface area contributed by atoms with Crippen LogP contribution in [0, 0.1) is 47.4 Å². The number of rotatable bonds is 0. The summed E-state index contributed by atoms with van der Waals surface area (Å²) < 4.78 is 0. The summed E-state index contributed by atoms with van der Waals surface area (Å²) in [6.07, 6.45) is 7.80. The van der Waals surface area contributed by atoms with Gasteiger partial charge in [0.05, 0.1) is 5.71 Å². The predicted octanol–water partition coefficient (Wildman–Crippen LogP) is 1.13. The molecule has 0 amide bonds. The molecule has 1 aliphatic rings. The van der Waals surface area contributed by atoms with Crippen molar-refractivity contribution in [2.75, 3.05) is 0 Å². The van der Waals surface area contributed by atoms with Crippen LogP contribution < -0.4 is 0 Å². The summed E-state index contributed by atoms with van der Waals surface area (Å²) in [6.45, 7) is 0. The molecule has 0 spiro atoms. The number of aliphatic imine (C=N–C) groups is 1. The maximum Gasteiger partial charge on any atom is 0.183 e. The Kier molecular flexibility index (Phi) is 4.06. The maximum absolute atomic E-state index is 4.04. The first kappa shape index (κ1) is 11.3. The van der Waals surface area contributed by atoms with Gasteiger partial charge in [-0.2, -0.15) is 0 Å². The highest BCUT2D eigenvalue weighted by molar-refractivity contribution is 6.03. The van der Waals surface area contributed by atoms with Crippen molar-refractivity contribution in [2.45, 2.75) is 6.42 Å². The molecule has 82 valence electrons. The summed E-state index contributed by atoms with van der Waals surface area (Å²) in [7, 11) is 0. The van der Waals surface area contributed by atoms with Gasteiger partial charge in [-0.25, -0.2) is 4.98 Å². The van der Waals surface area contributed by atoms with Crippen molar-refractivity contribution in [3.05, 3.63) is 30.5 Å². The van der Waals surface area contributed by atoms with E-state index >= 15 is 0 Å². The van der Waals surface area contributed by atoms with E-state index in [1.807, 2.05) is 6.08 Å². The molecule has 0 bridgehead atoms. The normalized spacial score (nSPS) is 10.6. The zero-order valence-corrected chi connectivity index (χ0v) is 9.41. The second-order valence-electron chi connectivity index (χ2n) is 3.10. The number of imidazole rings is 1. The Morgan fingerprint density at radius 1 is 1.00 bits per heavy atom. The molecule has 3 nitrogen and oxygen atoms in total. The number of allylic oxidation sites excluding steroid dienone is 1. The Labute approximate surface area is 105 Å². The van der Waals surface area contributed by atoms with Crippen LogP contribution in [0.25, 0.3) is 0 Å². The predicted molar refractivity (Wildman–Crippen MR) is 70.0 cm³/mol. The van der Waals surface area contributed by atoms with E-state index in [0.717, 1.165) is 12.1 Å². The average molecular weight is 229 g/mol. The van der Waals surface area contributed by atoms with Gasteiger partial charge in [-0.15, -0.1) is 0 Å². The smallest absolute Gasteiger partial charge is 0.183 e. The molecule has 3 heteroatoms. The summed E-state index contributed by atoms with van der Waals surface area (Å²) >= 11 is 0. The minimum Gasteiger partial charge on any atom is -0.338 e. The van der Waals surface area contributed by atoms with Gasteiger partial charge in [-0.1, -0.05) is 6.08 Å². The van der Waals surface area contributed by atoms with E-state index in [9.17, 15) is 0 Å². The second-order valence-corrected chi connectivity index (χ2v) is 3.10. The molecule has 1 aromatic heterocycles. The van der Waals surface area contributed by atoms with Crippen LogP contribution in [-0.4, -0.2) is 15.7 Å². The molecule has 2 heterocycles. The molecule has 18 heavy (non-hydrogen) atoms. The maximum atomic E-state index is 4.04. The fourth-order valence-corrected chi connectivity index (χ4v) is 1.10. The molecule has 0 aromatic carbocycles. The summed E-state index contributed by atoms with van der Waals surface area (Å²) in [5.74, 6) is 21.9. The molecule has 1 aliphatic heterocycles. The second kappa shape index (κ2) is 6.44. The van der Waals surface area contributed by atoms with Crippen molar-refractivity contribution in [1.29, 1.82) is 0 Å². The summed E-state index contributed by atoms with van der Waals surface area (Å²) in [4.78, 5) is 10.8. The van der Waals surface area contributed by atoms with Crippen LogP contribution in [-0.2, 0) is 0 Å². The Balaban J connectivity index is 1.85. The van der Waals surface area contributed by atoms with Gasteiger partial charge in [0.25, 0.3) is 0 Å². The minimum absolute atomic E-state index is 0.587. The minimum atomic E-state index is 0.587. The van der Waals surface area contributed by atoms with Gasteiger partial charge in [-0.3, -0.25) is 4.99 Å². The van der Waals surface area contributed by atoms with Crippen molar-refractivity contribution in [3.63, 3.8) is 0 Å². The lowest BCUT2D eigenvalue weighted by Gasteiger charge is -1.78. The van der Waals surface area contributed by atoms with Gasteiger partial charge in [0.15, 0.2) is 5.82 Å². The van der Waals surface area contributed by atoms with E-state index in [2.05, 4.69) is 62.3 Å². The highest BCUT2D eigenvalue weighted by atomic mass is 14.9. The van der Waals surface area contributed by atoms with Gasteiger partial charge in [0.1, 0.15) is 0 Å². The molecule has 0 saturated heterocycles. The molecule has 0 atom stereocenters. The standard InChI is InChI=1S/C15H7N3/c1(3-5-8-14-9-7-11-16-14)2-4-6-10-15-17-12-13-18-15/h7,11-13H,9H2,(H,17,18). The average Bonchev–Trinajstić information content (AvgIpc) is 3.05. The van der Waals surface area contributed by atoms with Crippen LogP contribution in [0.3, 0.4) is 0 Å². The molecule has 0 aliphatic carbocycles. The van der Waals surface area contributed by atoms with Gasteiger partial charge in [0.2, 0.25) is 0 Å². The Bertz CT molecular complexity index is 719. The lowest BCUT2D eigenvalue weighted by Crippen LogP contribution is -1.84. The lowest BCUT2D eigenvalue weighted by atomic mass is 10.3. The Morgan fingerprint density at radius 2 is 1.78 bits per heavy atom. The summed E-state index contributed by atoms with van der Waals surface area (Å²) in [5, 5.41) is 0. The largest absolute Gasteiger partial charge is 0.338 e. The van der Waals surface area contributed by atoms with Crippen LogP contribution >= 0.6 is 0 Å². The van der Waals surface area contributed by atoms with Crippen molar-refractivity contribution in [2.24, 2.45) is 4.99 Å². The number of nitrogens with zero attached hydrogens (tertiary/aromatic N) is 2. The van der Waals surface area contributed by atoms with Gasteiger partial charge < -0.3 is 4.98 Å². The molecular weight excluding hydrogens is 222 g/mol. The molecule has 2 rings (SSSR count). The first-order valence-corrected chi connectivity index (χ1v) is 5.18. The van der Waals surface area contributed by atoms with Gasteiger partial charge in [-0.05, 0) is 47.4 Å². The van der Waals surface area contributed by atoms with Crippen LogP contribution in [0.5, 0.6) is 0 Å². The van der Waals surface area contributed by atoms with E-state index in [1.54, 1.807) is 18.6 Å². The lowest BCUT2D eigenvalue weighted by molar-refractivity contribution is 1.25. The first-order chi connectivity index (χ1) is 8.95. The number of aromatic nitrogens is 2. The zero-order chi connectivity index (χ0) is 12.5. The molecule has 1 aromatic rings. The molecule has 0 radical (unpaired) electrons.